The number of hydrogen-bond donors (Lipinski definition) is 2. The van der Waals surface area contributed by atoms with Crippen LogP contribution in [0.3, 0.4) is 0 Å². The summed E-state index contributed by atoms with van der Waals surface area (Å²) in [6, 6.07) is 11.0. The summed E-state index contributed by atoms with van der Waals surface area (Å²) in [6.45, 7) is 0. The Hall–Kier alpha value is -2.43. The number of carbonyl (C=O) groups excluding carboxylic acids is 2. The molecule has 23 heavy (non-hydrogen) atoms. The average Bonchev–Trinajstić information content (AvgIpc) is 2.52. The first-order chi connectivity index (χ1) is 10.9. The number of aliphatic hydroxyl groups is 1. The molecule has 2 aromatic carbocycles. The van der Waals surface area contributed by atoms with Crippen LogP contribution >= 0.6 is 23.2 Å². The number of carbonyl (C=O) groups is 2. The van der Waals surface area contributed by atoms with E-state index < -0.39 is 17.3 Å². The molecule has 0 radical (unpaired) electrons. The third-order valence-corrected chi connectivity index (χ3v) is 4.04. The molecule has 0 saturated carbocycles. The van der Waals surface area contributed by atoms with Gasteiger partial charge in [-0.2, -0.15) is 0 Å². The average molecular weight is 346 g/mol. The number of halogens is 2. The largest absolute Gasteiger partial charge is 0.506 e. The molecule has 0 unspecified atom stereocenters. The number of allylic oxidation sites excluding steroid dienone is 1. The second-order valence-corrected chi connectivity index (χ2v) is 5.78. The minimum absolute atomic E-state index is 0.0244. The van der Waals surface area contributed by atoms with E-state index in [9.17, 15) is 14.7 Å². The first-order valence-corrected chi connectivity index (χ1v) is 7.33. The van der Waals surface area contributed by atoms with Crippen molar-refractivity contribution in [1.82, 2.24) is 0 Å². The van der Waals surface area contributed by atoms with Gasteiger partial charge >= 0.3 is 0 Å². The Morgan fingerprint density at radius 1 is 1.00 bits per heavy atom. The smallest absolute Gasteiger partial charge is 0.239 e. The van der Waals surface area contributed by atoms with Gasteiger partial charge in [-0.25, -0.2) is 0 Å². The molecule has 0 heterocycles. The Morgan fingerprint density at radius 3 is 2.30 bits per heavy atom. The van der Waals surface area contributed by atoms with E-state index in [4.69, 9.17) is 28.6 Å². The van der Waals surface area contributed by atoms with Gasteiger partial charge in [-0.1, -0.05) is 53.5 Å². The molecule has 2 N–H and O–H groups in total. The second kappa shape index (κ2) is 5.65. The predicted octanol–water partition coefficient (Wildman–Crippen LogP) is 4.10. The lowest BCUT2D eigenvalue weighted by atomic mass is 9.84. The zero-order valence-corrected chi connectivity index (χ0v) is 13.1. The summed E-state index contributed by atoms with van der Waals surface area (Å²) in [5.41, 5.74) is -0.231. The van der Waals surface area contributed by atoms with Crippen LogP contribution in [0.1, 0.15) is 21.5 Å². The SMILES string of the molecule is N=C(C1=C(O)c2c(Cl)cc(Cl)cc2C(=O)C1=O)c1ccccc1. The molecule has 0 aliphatic heterocycles. The van der Waals surface area contributed by atoms with Gasteiger partial charge in [-0.05, 0) is 12.1 Å². The molecule has 0 saturated heterocycles. The Labute approximate surface area is 141 Å². The number of fused-ring (bicyclic) bond motifs is 1. The number of nitrogens with one attached hydrogen (secondary N) is 1. The summed E-state index contributed by atoms with van der Waals surface area (Å²) in [6.07, 6.45) is 0. The topological polar surface area (TPSA) is 78.2 Å². The maximum Gasteiger partial charge on any atom is 0.239 e. The van der Waals surface area contributed by atoms with E-state index in [-0.39, 0.29) is 32.5 Å². The first-order valence-electron chi connectivity index (χ1n) is 6.58. The molecule has 0 aromatic heterocycles. The van der Waals surface area contributed by atoms with Crippen molar-refractivity contribution in [2.45, 2.75) is 0 Å². The van der Waals surface area contributed by atoms with Gasteiger partial charge in [-0.15, -0.1) is 0 Å². The standard InChI is InChI=1S/C17H9Cl2NO3/c18-9-6-10-12(11(19)7-9)16(22)13(17(23)15(10)21)14(20)8-4-2-1-3-5-8/h1-7,20,22H. The van der Waals surface area contributed by atoms with Crippen molar-refractivity contribution in [3.63, 3.8) is 0 Å². The Bertz CT molecular complexity index is 902. The summed E-state index contributed by atoms with van der Waals surface area (Å²) in [4.78, 5) is 24.6. The third kappa shape index (κ3) is 2.46. The lowest BCUT2D eigenvalue weighted by molar-refractivity contribution is -0.111. The van der Waals surface area contributed by atoms with Gasteiger partial charge < -0.3 is 5.11 Å². The number of benzene rings is 2. The molecule has 0 bridgehead atoms. The van der Waals surface area contributed by atoms with Crippen molar-refractivity contribution in [3.8, 4) is 0 Å². The van der Waals surface area contributed by atoms with Crippen molar-refractivity contribution >= 4 is 46.2 Å². The summed E-state index contributed by atoms with van der Waals surface area (Å²) in [7, 11) is 0. The molecule has 0 atom stereocenters. The zero-order valence-electron chi connectivity index (χ0n) is 11.6. The highest BCUT2D eigenvalue weighted by molar-refractivity contribution is 6.59. The van der Waals surface area contributed by atoms with Gasteiger partial charge in [0.1, 0.15) is 5.76 Å². The molecule has 3 rings (SSSR count). The summed E-state index contributed by atoms with van der Waals surface area (Å²) < 4.78 is 0. The fourth-order valence-corrected chi connectivity index (χ4v) is 3.03. The van der Waals surface area contributed by atoms with Crippen molar-refractivity contribution in [3.05, 3.63) is 74.8 Å². The van der Waals surface area contributed by atoms with E-state index in [1.807, 2.05) is 0 Å². The van der Waals surface area contributed by atoms with Crippen LogP contribution in [0.2, 0.25) is 10.0 Å². The van der Waals surface area contributed by atoms with Gasteiger partial charge in [0.2, 0.25) is 11.6 Å². The number of rotatable bonds is 2. The van der Waals surface area contributed by atoms with Crippen LogP contribution in [-0.4, -0.2) is 22.4 Å². The molecule has 0 amide bonds. The summed E-state index contributed by atoms with van der Waals surface area (Å²) in [5, 5.41) is 18.9. The van der Waals surface area contributed by atoms with E-state index in [2.05, 4.69) is 0 Å². The Morgan fingerprint density at radius 2 is 1.65 bits per heavy atom. The fourth-order valence-electron chi connectivity index (χ4n) is 2.44. The van der Waals surface area contributed by atoms with Gasteiger partial charge in [0.05, 0.1) is 16.3 Å². The van der Waals surface area contributed by atoms with Crippen LogP contribution in [0.25, 0.3) is 5.76 Å². The molecule has 6 heteroatoms. The number of hydrogen-bond acceptors (Lipinski definition) is 4. The van der Waals surface area contributed by atoms with E-state index in [1.54, 1.807) is 30.3 Å². The van der Waals surface area contributed by atoms with Crippen molar-refractivity contribution < 1.29 is 14.7 Å². The molecule has 1 aliphatic rings. The van der Waals surface area contributed by atoms with E-state index in [0.29, 0.717) is 5.56 Å². The highest BCUT2D eigenvalue weighted by Crippen LogP contribution is 2.36. The quantitative estimate of drug-likeness (QED) is 0.635. The number of Topliss-reactive ketones (excluding diaryl/α,β-unsaturated/α-hetero) is 2. The molecule has 0 spiro atoms. The fraction of sp³-hybridized carbons (Fsp3) is 0. The van der Waals surface area contributed by atoms with Crippen molar-refractivity contribution in [2.24, 2.45) is 0 Å². The Kier molecular flexibility index (Phi) is 3.80. The molecular formula is C17H9Cl2NO3. The highest BCUT2D eigenvalue weighted by Gasteiger charge is 2.36. The number of aliphatic hydroxyl groups excluding tert-OH is 1. The van der Waals surface area contributed by atoms with Crippen molar-refractivity contribution in [1.29, 1.82) is 5.41 Å². The molecule has 114 valence electrons. The van der Waals surface area contributed by atoms with Crippen molar-refractivity contribution in [2.75, 3.05) is 0 Å². The van der Waals surface area contributed by atoms with Crippen LogP contribution in [0, 0.1) is 5.41 Å². The van der Waals surface area contributed by atoms with Gasteiger partial charge in [0.25, 0.3) is 0 Å². The predicted molar refractivity (Wildman–Crippen MR) is 88.6 cm³/mol. The van der Waals surface area contributed by atoms with Crippen LogP contribution in [0.4, 0.5) is 0 Å². The third-order valence-electron chi connectivity index (χ3n) is 3.52. The Balaban J connectivity index is 2.26. The maximum atomic E-state index is 12.3. The lowest BCUT2D eigenvalue weighted by Gasteiger charge is -2.19. The molecule has 0 fully saturated rings. The first kappa shape index (κ1) is 15.5. The van der Waals surface area contributed by atoms with Gasteiger partial charge in [-0.3, -0.25) is 15.0 Å². The molecule has 2 aromatic rings. The molecular weight excluding hydrogens is 337 g/mol. The van der Waals surface area contributed by atoms with E-state index in [0.717, 1.165) is 0 Å². The zero-order chi connectivity index (χ0) is 16.7. The van der Waals surface area contributed by atoms with E-state index in [1.165, 1.54) is 12.1 Å². The monoisotopic (exact) mass is 345 g/mol. The lowest BCUT2D eigenvalue weighted by Crippen LogP contribution is -2.28. The summed E-state index contributed by atoms with van der Waals surface area (Å²) >= 11 is 11.9. The van der Waals surface area contributed by atoms with Crippen LogP contribution in [0.15, 0.2) is 48.0 Å². The van der Waals surface area contributed by atoms with Crippen LogP contribution in [-0.2, 0) is 4.79 Å². The number of ketones is 2. The van der Waals surface area contributed by atoms with Gasteiger partial charge in [0, 0.05) is 21.7 Å². The minimum Gasteiger partial charge on any atom is -0.506 e. The maximum absolute atomic E-state index is 12.3. The van der Waals surface area contributed by atoms with E-state index >= 15 is 0 Å². The van der Waals surface area contributed by atoms with Crippen LogP contribution < -0.4 is 0 Å². The minimum atomic E-state index is -0.956. The highest BCUT2D eigenvalue weighted by atomic mass is 35.5. The molecule has 1 aliphatic carbocycles. The second-order valence-electron chi connectivity index (χ2n) is 4.93. The van der Waals surface area contributed by atoms with Gasteiger partial charge in [0.15, 0.2) is 0 Å². The summed E-state index contributed by atoms with van der Waals surface area (Å²) in [5.74, 6) is -2.29. The van der Waals surface area contributed by atoms with Crippen LogP contribution in [0.5, 0.6) is 0 Å². The normalized spacial score (nSPS) is 14.0. The molecule has 4 nitrogen and oxygen atoms in total.